The van der Waals surface area contributed by atoms with Crippen LogP contribution in [0.5, 0.6) is 0 Å². The van der Waals surface area contributed by atoms with E-state index >= 15 is 0 Å². The molecule has 6 nitrogen and oxygen atoms in total. The molecule has 25 heavy (non-hydrogen) atoms. The molecule has 0 N–H and O–H groups in total. The summed E-state index contributed by atoms with van der Waals surface area (Å²) in [6.45, 7) is 7.38. The second-order valence-corrected chi connectivity index (χ2v) is 8.04. The highest BCUT2D eigenvalue weighted by molar-refractivity contribution is 7.09. The molecule has 134 valence electrons. The lowest BCUT2D eigenvalue weighted by Crippen LogP contribution is -2.43. The van der Waals surface area contributed by atoms with E-state index in [9.17, 15) is 4.79 Å². The number of amides is 1. The zero-order valence-electron chi connectivity index (χ0n) is 14.4. The van der Waals surface area contributed by atoms with Crippen LogP contribution in [0, 0.1) is 12.3 Å². The van der Waals surface area contributed by atoms with Gasteiger partial charge in [-0.25, -0.2) is 4.98 Å². The highest BCUT2D eigenvalue weighted by Gasteiger charge is 2.42. The molecule has 1 amide bonds. The van der Waals surface area contributed by atoms with Crippen molar-refractivity contribution < 1.29 is 13.9 Å². The molecule has 2 saturated heterocycles. The molecule has 2 fully saturated rings. The third-order valence-corrected chi connectivity index (χ3v) is 5.94. The van der Waals surface area contributed by atoms with E-state index in [1.807, 2.05) is 23.4 Å². The zero-order chi connectivity index (χ0) is 17.3. The van der Waals surface area contributed by atoms with Crippen LogP contribution in [-0.4, -0.2) is 60.1 Å². The lowest BCUT2D eigenvalue weighted by Gasteiger charge is -2.31. The molecule has 0 radical (unpaired) electrons. The molecule has 0 aliphatic carbocycles. The number of carbonyl (C=O) groups is 1. The minimum absolute atomic E-state index is 0.0149. The van der Waals surface area contributed by atoms with Gasteiger partial charge in [0, 0.05) is 36.6 Å². The highest BCUT2D eigenvalue weighted by Crippen LogP contribution is 2.35. The number of thiazole rings is 1. The fourth-order valence-electron chi connectivity index (χ4n) is 3.88. The summed E-state index contributed by atoms with van der Waals surface area (Å²) in [5, 5.41) is 3.16. The Morgan fingerprint density at radius 3 is 3.08 bits per heavy atom. The Morgan fingerprint density at radius 2 is 2.32 bits per heavy atom. The van der Waals surface area contributed by atoms with E-state index in [-0.39, 0.29) is 11.3 Å². The molecular weight excluding hydrogens is 338 g/mol. The molecule has 0 unspecified atom stereocenters. The van der Waals surface area contributed by atoms with E-state index in [4.69, 9.17) is 9.15 Å². The quantitative estimate of drug-likeness (QED) is 0.840. The Labute approximate surface area is 151 Å². The van der Waals surface area contributed by atoms with Gasteiger partial charge >= 0.3 is 0 Å². The van der Waals surface area contributed by atoms with Crippen LogP contribution >= 0.6 is 11.3 Å². The second kappa shape index (κ2) is 6.90. The van der Waals surface area contributed by atoms with E-state index in [0.717, 1.165) is 44.2 Å². The summed E-state index contributed by atoms with van der Waals surface area (Å²) in [6, 6.07) is 1.76. The normalized spacial score (nSPS) is 24.8. The van der Waals surface area contributed by atoms with Crippen molar-refractivity contribution in [3.05, 3.63) is 40.2 Å². The number of aryl methyl sites for hydroxylation is 1. The minimum atomic E-state index is 0.0149. The number of carbonyl (C=O) groups excluding carboxylic acids is 1. The predicted molar refractivity (Wildman–Crippen MR) is 94.6 cm³/mol. The molecule has 2 aliphatic rings. The average Bonchev–Trinajstić information content (AvgIpc) is 3.30. The maximum absolute atomic E-state index is 12.9. The topological polar surface area (TPSA) is 58.8 Å². The first-order valence-corrected chi connectivity index (χ1v) is 9.55. The number of aromatic nitrogens is 1. The van der Waals surface area contributed by atoms with Gasteiger partial charge in [-0.3, -0.25) is 9.69 Å². The molecule has 2 aromatic heterocycles. The number of rotatable bonds is 3. The number of hydrogen-bond acceptors (Lipinski definition) is 6. The molecule has 1 spiro atoms. The van der Waals surface area contributed by atoms with Crippen LogP contribution in [0.15, 0.2) is 28.3 Å². The summed E-state index contributed by atoms with van der Waals surface area (Å²) in [6.07, 6.45) is 4.48. The van der Waals surface area contributed by atoms with E-state index in [1.165, 1.54) is 0 Å². The third kappa shape index (κ3) is 3.49. The van der Waals surface area contributed by atoms with Gasteiger partial charge in [0.25, 0.3) is 5.91 Å². The van der Waals surface area contributed by atoms with Crippen LogP contribution in [0.1, 0.15) is 27.5 Å². The minimum Gasteiger partial charge on any atom is -0.469 e. The summed E-state index contributed by atoms with van der Waals surface area (Å²) in [4.78, 5) is 21.7. The molecule has 1 atom stereocenters. The lowest BCUT2D eigenvalue weighted by molar-refractivity contribution is 0.0643. The van der Waals surface area contributed by atoms with Crippen molar-refractivity contribution in [2.75, 3.05) is 39.4 Å². The second-order valence-electron chi connectivity index (χ2n) is 7.06. The van der Waals surface area contributed by atoms with E-state index in [1.54, 1.807) is 23.7 Å². The van der Waals surface area contributed by atoms with Gasteiger partial charge in [0.1, 0.15) is 10.8 Å². The standard InChI is InChI=1S/C18H23N3O3S/c1-14-15(2-7-24-14)17(22)21-6-8-23-13-18(12-21)3-5-20(11-18)10-16-19-4-9-25-16/h2,4,7,9H,3,5-6,8,10-13H2,1H3/t18-/m1/s1. The van der Waals surface area contributed by atoms with Crippen molar-refractivity contribution >= 4 is 17.2 Å². The summed E-state index contributed by atoms with van der Waals surface area (Å²) >= 11 is 1.70. The van der Waals surface area contributed by atoms with Crippen molar-refractivity contribution in [1.82, 2.24) is 14.8 Å². The fourth-order valence-corrected chi connectivity index (χ4v) is 4.53. The van der Waals surface area contributed by atoms with Gasteiger partial charge in [0.2, 0.25) is 0 Å². The number of furan rings is 1. The van der Waals surface area contributed by atoms with Gasteiger partial charge in [-0.15, -0.1) is 11.3 Å². The summed E-state index contributed by atoms with van der Waals surface area (Å²) < 4.78 is 11.2. The molecule has 0 saturated carbocycles. The Morgan fingerprint density at radius 1 is 1.40 bits per heavy atom. The van der Waals surface area contributed by atoms with E-state index < -0.39 is 0 Å². The van der Waals surface area contributed by atoms with E-state index in [0.29, 0.717) is 24.5 Å². The van der Waals surface area contributed by atoms with Gasteiger partial charge in [-0.1, -0.05) is 0 Å². The Bertz CT molecular complexity index is 730. The van der Waals surface area contributed by atoms with Gasteiger partial charge in [-0.2, -0.15) is 0 Å². The molecule has 4 heterocycles. The van der Waals surface area contributed by atoms with Gasteiger partial charge < -0.3 is 14.1 Å². The zero-order valence-corrected chi connectivity index (χ0v) is 15.3. The van der Waals surface area contributed by atoms with E-state index in [2.05, 4.69) is 9.88 Å². The summed E-state index contributed by atoms with van der Waals surface area (Å²) in [7, 11) is 0. The van der Waals surface area contributed by atoms with Crippen molar-refractivity contribution in [2.45, 2.75) is 19.9 Å². The molecule has 4 rings (SSSR count). The molecule has 7 heteroatoms. The third-order valence-electron chi connectivity index (χ3n) is 5.18. The van der Waals surface area contributed by atoms with Gasteiger partial charge in [-0.05, 0) is 26.0 Å². The first kappa shape index (κ1) is 16.8. The predicted octanol–water partition coefficient (Wildman–Crippen LogP) is 2.41. The van der Waals surface area contributed by atoms with Gasteiger partial charge in [0.05, 0.1) is 31.6 Å². The number of likely N-dealkylation sites (tertiary alicyclic amines) is 1. The van der Waals surface area contributed by atoms with Crippen LogP contribution in [0.2, 0.25) is 0 Å². The molecule has 0 aromatic carbocycles. The maximum atomic E-state index is 12.9. The first-order valence-electron chi connectivity index (χ1n) is 8.67. The fraction of sp³-hybridized carbons (Fsp3) is 0.556. The molecule has 2 aliphatic heterocycles. The lowest BCUT2D eigenvalue weighted by atomic mass is 9.87. The number of hydrogen-bond donors (Lipinski definition) is 0. The summed E-state index contributed by atoms with van der Waals surface area (Å²) in [5.74, 6) is 0.732. The number of nitrogens with zero attached hydrogens (tertiary/aromatic N) is 3. The van der Waals surface area contributed by atoms with Crippen LogP contribution in [-0.2, 0) is 11.3 Å². The Hall–Kier alpha value is -1.70. The SMILES string of the molecule is Cc1occc1C(=O)N1CCOC[C@@]2(CCN(Cc3nccs3)C2)C1. The maximum Gasteiger partial charge on any atom is 0.257 e. The first-order chi connectivity index (χ1) is 12.2. The van der Waals surface area contributed by atoms with Gasteiger partial charge in [0.15, 0.2) is 0 Å². The van der Waals surface area contributed by atoms with Crippen LogP contribution in [0.25, 0.3) is 0 Å². The van der Waals surface area contributed by atoms with Crippen molar-refractivity contribution in [2.24, 2.45) is 5.41 Å². The molecule has 2 aromatic rings. The largest absolute Gasteiger partial charge is 0.469 e. The Kier molecular flexibility index (Phi) is 4.62. The highest BCUT2D eigenvalue weighted by atomic mass is 32.1. The average molecular weight is 361 g/mol. The van der Waals surface area contributed by atoms with Crippen LogP contribution in [0.4, 0.5) is 0 Å². The monoisotopic (exact) mass is 361 g/mol. The smallest absolute Gasteiger partial charge is 0.257 e. The summed E-state index contributed by atoms with van der Waals surface area (Å²) in [5.41, 5.74) is 0.677. The Balaban J connectivity index is 1.46. The number of ether oxygens (including phenoxy) is 1. The van der Waals surface area contributed by atoms with Crippen LogP contribution in [0.3, 0.4) is 0 Å². The van der Waals surface area contributed by atoms with Crippen molar-refractivity contribution in [3.8, 4) is 0 Å². The molecule has 0 bridgehead atoms. The van der Waals surface area contributed by atoms with Crippen LogP contribution < -0.4 is 0 Å². The van der Waals surface area contributed by atoms with Crippen molar-refractivity contribution in [3.63, 3.8) is 0 Å². The van der Waals surface area contributed by atoms with Crippen molar-refractivity contribution in [1.29, 1.82) is 0 Å². The molecular formula is C18H23N3O3S.